The first kappa shape index (κ1) is 18.0. The van der Waals surface area contributed by atoms with Crippen LogP contribution in [0.5, 0.6) is 0 Å². The van der Waals surface area contributed by atoms with Crippen molar-refractivity contribution >= 4 is 46.9 Å². The Morgan fingerprint density at radius 1 is 0.958 bits per heavy atom. The summed E-state index contributed by atoms with van der Waals surface area (Å²) in [4.78, 5) is 23.5. The lowest BCUT2D eigenvalue weighted by atomic mass is 10.2. The molecule has 0 spiro atoms. The maximum absolute atomic E-state index is 11.8. The molecule has 0 bridgehead atoms. The van der Waals surface area contributed by atoms with Crippen LogP contribution < -0.4 is 10.7 Å². The van der Waals surface area contributed by atoms with Crippen molar-refractivity contribution in [2.45, 2.75) is 12.8 Å². The van der Waals surface area contributed by atoms with Gasteiger partial charge >= 0.3 is 0 Å². The normalized spacial score (nSPS) is 10.6. The SMILES string of the molecule is O=C(CCC(=O)Nc1ccccc1Cl)NN=Cc1ccc(Cl)cc1. The predicted octanol–water partition coefficient (Wildman–Crippen LogP) is 3.86. The standard InChI is InChI=1S/C17H15Cl2N3O2/c18-13-7-5-12(6-8-13)11-20-22-17(24)10-9-16(23)21-15-4-2-1-3-14(15)19/h1-8,11H,9-10H2,(H,21,23)(H,22,24). The smallest absolute Gasteiger partial charge is 0.240 e. The van der Waals surface area contributed by atoms with Crippen molar-refractivity contribution in [2.75, 3.05) is 5.32 Å². The van der Waals surface area contributed by atoms with Gasteiger partial charge in [0, 0.05) is 17.9 Å². The summed E-state index contributed by atoms with van der Waals surface area (Å²) in [7, 11) is 0. The Kier molecular flexibility index (Phi) is 6.78. The molecule has 0 atom stereocenters. The second kappa shape index (κ2) is 9.05. The molecule has 2 rings (SSSR count). The van der Waals surface area contributed by atoms with Crippen molar-refractivity contribution in [3.05, 3.63) is 64.1 Å². The fraction of sp³-hybridized carbons (Fsp3) is 0.118. The van der Waals surface area contributed by atoms with Gasteiger partial charge in [0.15, 0.2) is 0 Å². The molecule has 2 aromatic carbocycles. The fourth-order valence-corrected chi connectivity index (χ4v) is 2.09. The molecule has 0 radical (unpaired) electrons. The Morgan fingerprint density at radius 2 is 1.62 bits per heavy atom. The number of carbonyl (C=O) groups excluding carboxylic acids is 2. The minimum Gasteiger partial charge on any atom is -0.325 e. The molecule has 5 nitrogen and oxygen atoms in total. The lowest BCUT2D eigenvalue weighted by Gasteiger charge is -2.06. The molecule has 0 fully saturated rings. The van der Waals surface area contributed by atoms with E-state index >= 15 is 0 Å². The first-order valence-corrected chi connectivity index (χ1v) is 7.92. The lowest BCUT2D eigenvalue weighted by Crippen LogP contribution is -2.20. The monoisotopic (exact) mass is 363 g/mol. The number of amides is 2. The minimum atomic E-state index is -0.352. The number of hydrazone groups is 1. The average Bonchev–Trinajstić information content (AvgIpc) is 2.57. The van der Waals surface area contributed by atoms with Crippen LogP contribution in [0, 0.1) is 0 Å². The molecule has 2 N–H and O–H groups in total. The maximum Gasteiger partial charge on any atom is 0.240 e. The Balaban J connectivity index is 1.73. The van der Waals surface area contributed by atoms with Gasteiger partial charge in [-0.2, -0.15) is 5.10 Å². The summed E-state index contributed by atoms with van der Waals surface area (Å²) in [6, 6.07) is 13.9. The van der Waals surface area contributed by atoms with Crippen molar-refractivity contribution in [3.63, 3.8) is 0 Å². The highest BCUT2D eigenvalue weighted by molar-refractivity contribution is 6.33. The maximum atomic E-state index is 11.8. The number of anilines is 1. The Labute approximate surface area is 149 Å². The van der Waals surface area contributed by atoms with E-state index in [-0.39, 0.29) is 24.7 Å². The largest absolute Gasteiger partial charge is 0.325 e. The van der Waals surface area contributed by atoms with E-state index in [9.17, 15) is 9.59 Å². The number of hydrogen-bond acceptors (Lipinski definition) is 3. The van der Waals surface area contributed by atoms with Gasteiger partial charge in [-0.15, -0.1) is 0 Å². The van der Waals surface area contributed by atoms with Gasteiger partial charge in [0.1, 0.15) is 0 Å². The highest BCUT2D eigenvalue weighted by Gasteiger charge is 2.08. The first-order chi connectivity index (χ1) is 11.5. The molecule has 0 heterocycles. The molecule has 0 saturated carbocycles. The number of rotatable bonds is 6. The van der Waals surface area contributed by atoms with Crippen LogP contribution in [0.2, 0.25) is 10.0 Å². The summed E-state index contributed by atoms with van der Waals surface area (Å²) in [6.45, 7) is 0. The van der Waals surface area contributed by atoms with E-state index in [1.54, 1.807) is 48.5 Å². The Morgan fingerprint density at radius 3 is 2.33 bits per heavy atom. The molecular formula is C17H15Cl2N3O2. The molecular weight excluding hydrogens is 349 g/mol. The van der Waals surface area contributed by atoms with Crippen molar-refractivity contribution < 1.29 is 9.59 Å². The second-order valence-corrected chi connectivity index (χ2v) is 5.72. The molecule has 24 heavy (non-hydrogen) atoms. The average molecular weight is 364 g/mol. The minimum absolute atomic E-state index is 0.0221. The number of hydrogen-bond donors (Lipinski definition) is 2. The van der Waals surface area contributed by atoms with Gasteiger partial charge in [-0.3, -0.25) is 9.59 Å². The van der Waals surface area contributed by atoms with Crippen molar-refractivity contribution in [1.29, 1.82) is 0 Å². The van der Waals surface area contributed by atoms with Crippen LogP contribution in [0.4, 0.5) is 5.69 Å². The van der Waals surface area contributed by atoms with Crippen LogP contribution in [0.1, 0.15) is 18.4 Å². The number of nitrogens with one attached hydrogen (secondary N) is 2. The van der Waals surface area contributed by atoms with Gasteiger partial charge in [-0.05, 0) is 29.8 Å². The van der Waals surface area contributed by atoms with Crippen molar-refractivity contribution in [2.24, 2.45) is 5.10 Å². The van der Waals surface area contributed by atoms with E-state index in [1.165, 1.54) is 6.21 Å². The third-order valence-corrected chi connectivity index (χ3v) is 3.58. The zero-order chi connectivity index (χ0) is 17.4. The quantitative estimate of drug-likeness (QED) is 0.604. The number of benzene rings is 2. The first-order valence-electron chi connectivity index (χ1n) is 7.16. The summed E-state index contributed by atoms with van der Waals surface area (Å²) < 4.78 is 0. The third kappa shape index (κ3) is 6.02. The molecule has 0 unspecified atom stereocenters. The molecule has 2 amide bonds. The van der Waals surface area contributed by atoms with Crippen LogP contribution in [0.3, 0.4) is 0 Å². The van der Waals surface area contributed by atoms with Gasteiger partial charge in [0.25, 0.3) is 0 Å². The number of para-hydroxylation sites is 1. The fourth-order valence-electron chi connectivity index (χ4n) is 1.79. The molecule has 7 heteroatoms. The van der Waals surface area contributed by atoms with Gasteiger partial charge < -0.3 is 5.32 Å². The number of halogens is 2. The van der Waals surface area contributed by atoms with Crippen molar-refractivity contribution in [1.82, 2.24) is 5.43 Å². The van der Waals surface area contributed by atoms with Crippen LogP contribution >= 0.6 is 23.2 Å². The van der Waals surface area contributed by atoms with Crippen LogP contribution in [0.25, 0.3) is 0 Å². The van der Waals surface area contributed by atoms with Crippen molar-refractivity contribution in [3.8, 4) is 0 Å². The molecule has 0 saturated heterocycles. The van der Waals surface area contributed by atoms with E-state index < -0.39 is 0 Å². The topological polar surface area (TPSA) is 70.6 Å². The Bertz CT molecular complexity index is 746. The van der Waals surface area contributed by atoms with Crippen LogP contribution in [0.15, 0.2) is 53.6 Å². The zero-order valence-electron chi connectivity index (χ0n) is 12.6. The van der Waals surface area contributed by atoms with Gasteiger partial charge in [-0.25, -0.2) is 5.43 Å². The third-order valence-electron chi connectivity index (χ3n) is 3.00. The summed E-state index contributed by atoms with van der Waals surface area (Å²) in [5.41, 5.74) is 3.69. The van der Waals surface area contributed by atoms with Gasteiger partial charge in [-0.1, -0.05) is 47.5 Å². The van der Waals surface area contributed by atoms with E-state index in [4.69, 9.17) is 23.2 Å². The summed E-state index contributed by atoms with van der Waals surface area (Å²) in [5.74, 6) is -0.644. The molecule has 0 aliphatic carbocycles. The lowest BCUT2D eigenvalue weighted by molar-refractivity contribution is -0.124. The summed E-state index contributed by atoms with van der Waals surface area (Å²) >= 11 is 11.7. The van der Waals surface area contributed by atoms with E-state index in [1.807, 2.05) is 0 Å². The van der Waals surface area contributed by atoms with Gasteiger partial charge in [0.2, 0.25) is 11.8 Å². The highest BCUT2D eigenvalue weighted by atomic mass is 35.5. The second-order valence-electron chi connectivity index (χ2n) is 4.87. The molecule has 0 aliphatic heterocycles. The summed E-state index contributed by atoms with van der Waals surface area (Å²) in [5, 5.41) is 7.55. The Hall–Kier alpha value is -2.37. The molecule has 2 aromatic rings. The van der Waals surface area contributed by atoms with E-state index in [0.717, 1.165) is 5.56 Å². The summed E-state index contributed by atoms with van der Waals surface area (Å²) in [6.07, 6.45) is 1.56. The van der Waals surface area contributed by atoms with Crippen LogP contribution in [-0.2, 0) is 9.59 Å². The highest BCUT2D eigenvalue weighted by Crippen LogP contribution is 2.20. The molecule has 0 aromatic heterocycles. The van der Waals surface area contributed by atoms with Crippen LogP contribution in [-0.4, -0.2) is 18.0 Å². The van der Waals surface area contributed by atoms with Gasteiger partial charge in [0.05, 0.1) is 16.9 Å². The molecule has 124 valence electrons. The van der Waals surface area contributed by atoms with E-state index in [2.05, 4.69) is 15.8 Å². The predicted molar refractivity (Wildman–Crippen MR) is 96.5 cm³/mol. The zero-order valence-corrected chi connectivity index (χ0v) is 14.1. The molecule has 0 aliphatic rings. The number of nitrogens with zero attached hydrogens (tertiary/aromatic N) is 1. The van der Waals surface area contributed by atoms with E-state index in [0.29, 0.717) is 15.7 Å². The number of carbonyl (C=O) groups is 2.